The molecule has 4 fully saturated rings. The van der Waals surface area contributed by atoms with Crippen molar-refractivity contribution in [2.75, 3.05) is 0 Å². The van der Waals surface area contributed by atoms with Gasteiger partial charge in [-0.3, -0.25) is 9.97 Å². The van der Waals surface area contributed by atoms with Crippen LogP contribution in [0.4, 0.5) is 0 Å². The van der Waals surface area contributed by atoms with Crippen molar-refractivity contribution in [1.29, 1.82) is 5.26 Å². The largest absolute Gasteiger partial charge is 0.265 e. The van der Waals surface area contributed by atoms with Gasteiger partial charge in [0, 0.05) is 46.9 Å². The minimum Gasteiger partial charge on any atom is -0.265 e. The Bertz CT molecular complexity index is 3250. The summed E-state index contributed by atoms with van der Waals surface area (Å²) in [6.45, 7) is 0. The smallest absolute Gasteiger partial charge is 0.164 e. The molecular weight excluding hydrogens is 757 g/mol. The zero-order valence-electron chi connectivity index (χ0n) is 34.0. The lowest BCUT2D eigenvalue weighted by atomic mass is 9.30. The van der Waals surface area contributed by atoms with Gasteiger partial charge >= 0.3 is 0 Å². The third kappa shape index (κ3) is 4.88. The zero-order valence-corrected chi connectivity index (χ0v) is 34.0. The first kappa shape index (κ1) is 35.4. The quantitative estimate of drug-likeness (QED) is 0.160. The van der Waals surface area contributed by atoms with Crippen molar-refractivity contribution < 1.29 is 0 Å². The molecule has 0 aliphatic heterocycles. The van der Waals surface area contributed by atoms with E-state index in [1.165, 1.54) is 70.3 Å². The fourth-order valence-electron chi connectivity index (χ4n) is 13.3. The minimum absolute atomic E-state index is 0.141. The van der Waals surface area contributed by atoms with E-state index in [9.17, 15) is 5.26 Å². The van der Waals surface area contributed by atoms with Gasteiger partial charge in [-0.2, -0.15) is 5.26 Å². The van der Waals surface area contributed by atoms with Gasteiger partial charge in [0.25, 0.3) is 0 Å². The molecule has 6 aromatic carbocycles. The normalized spacial score (nSPS) is 24.0. The van der Waals surface area contributed by atoms with Crippen LogP contribution in [0.15, 0.2) is 170 Å². The Kier molecular flexibility index (Phi) is 7.46. The maximum atomic E-state index is 9.45. The van der Waals surface area contributed by atoms with Crippen molar-refractivity contribution >= 4 is 21.5 Å². The Morgan fingerprint density at radius 3 is 1.47 bits per heavy atom. The number of nitrogens with zero attached hydrogens (tertiary/aromatic N) is 6. The van der Waals surface area contributed by atoms with Gasteiger partial charge in [-0.15, -0.1) is 0 Å². The third-order valence-electron chi connectivity index (χ3n) is 15.6. The topological polar surface area (TPSA) is 88.2 Å². The predicted molar refractivity (Wildman–Crippen MR) is 245 cm³/mol. The van der Waals surface area contributed by atoms with Crippen molar-refractivity contribution in [3.63, 3.8) is 0 Å². The number of benzene rings is 6. The van der Waals surface area contributed by atoms with Crippen molar-refractivity contribution in [2.24, 2.45) is 17.3 Å². The Morgan fingerprint density at radius 2 is 0.919 bits per heavy atom. The molecule has 2 bridgehead atoms. The highest BCUT2D eigenvalue weighted by atomic mass is 15.0. The van der Waals surface area contributed by atoms with Crippen LogP contribution in [0.5, 0.6) is 0 Å². The molecule has 9 aromatic rings. The standard InChI is InChI=1S/C56H40N6/c57-32-35-9-11-36(12-10-35)44-18-20-50(48-8-4-2-6-46(44)48)55-31-42-29-41-30-54(33-55,34-56(41,42)55)49-19-17-43(45-5-1-3-7-47(45)49)37-13-15-38(16-14-37)51-60-52(39-21-25-58-26-22-39)62-53(61-51)40-23-27-59-28-24-40/h1-28,41-42H,29-31,33-34H2. The molecule has 0 radical (unpaired) electrons. The molecule has 4 saturated carbocycles. The van der Waals surface area contributed by atoms with E-state index in [1.807, 2.05) is 36.4 Å². The van der Waals surface area contributed by atoms with Crippen molar-refractivity contribution in [3.05, 3.63) is 187 Å². The molecule has 0 N–H and O–H groups in total. The Hall–Kier alpha value is -7.36. The molecule has 0 amide bonds. The van der Waals surface area contributed by atoms with E-state index >= 15 is 0 Å². The summed E-state index contributed by atoms with van der Waals surface area (Å²) in [5.74, 6) is 3.43. The summed E-state index contributed by atoms with van der Waals surface area (Å²) in [7, 11) is 0. The van der Waals surface area contributed by atoms with Gasteiger partial charge in [0.1, 0.15) is 0 Å². The van der Waals surface area contributed by atoms with Crippen LogP contribution in [0.25, 0.3) is 78.0 Å². The second-order valence-electron chi connectivity index (χ2n) is 18.3. The van der Waals surface area contributed by atoms with Gasteiger partial charge in [-0.25, -0.2) is 15.0 Å². The average Bonchev–Trinajstić information content (AvgIpc) is 3.81. The van der Waals surface area contributed by atoms with Gasteiger partial charge in [-0.1, -0.05) is 109 Å². The van der Waals surface area contributed by atoms with Crippen LogP contribution in [0.1, 0.15) is 48.8 Å². The molecule has 6 heteroatoms. The number of hydrogen-bond acceptors (Lipinski definition) is 6. The molecule has 3 aromatic heterocycles. The van der Waals surface area contributed by atoms with Crippen LogP contribution in [-0.2, 0) is 10.8 Å². The van der Waals surface area contributed by atoms with Gasteiger partial charge in [-0.05, 0) is 146 Å². The van der Waals surface area contributed by atoms with Gasteiger partial charge in [0.15, 0.2) is 17.5 Å². The maximum Gasteiger partial charge on any atom is 0.164 e. The zero-order chi connectivity index (χ0) is 41.0. The summed E-state index contributed by atoms with van der Waals surface area (Å²) in [6.07, 6.45) is 13.5. The van der Waals surface area contributed by atoms with E-state index in [0.29, 0.717) is 28.5 Å². The number of hydrogen-bond donors (Lipinski definition) is 0. The summed E-state index contributed by atoms with van der Waals surface area (Å²) >= 11 is 0. The lowest BCUT2D eigenvalue weighted by Crippen LogP contribution is -2.69. The molecule has 294 valence electrons. The Labute approximate surface area is 360 Å². The molecule has 5 atom stereocenters. The first-order chi connectivity index (χ1) is 30.6. The molecule has 1 spiro atoms. The predicted octanol–water partition coefficient (Wildman–Crippen LogP) is 12.6. The second-order valence-corrected chi connectivity index (χ2v) is 18.3. The van der Waals surface area contributed by atoms with E-state index < -0.39 is 0 Å². The molecule has 13 rings (SSSR count). The minimum atomic E-state index is 0.141. The molecule has 4 aliphatic rings. The molecule has 5 unspecified atom stereocenters. The Balaban J connectivity index is 0.876. The molecule has 0 saturated heterocycles. The lowest BCUT2D eigenvalue weighted by Gasteiger charge is -2.73. The number of pyridine rings is 2. The fourth-order valence-corrected chi connectivity index (χ4v) is 13.3. The molecule has 62 heavy (non-hydrogen) atoms. The van der Waals surface area contributed by atoms with E-state index in [4.69, 9.17) is 15.0 Å². The van der Waals surface area contributed by atoms with Crippen molar-refractivity contribution in [1.82, 2.24) is 24.9 Å². The number of rotatable bonds is 7. The molecule has 4 aliphatic carbocycles. The third-order valence-corrected chi connectivity index (χ3v) is 15.6. The van der Waals surface area contributed by atoms with E-state index in [0.717, 1.165) is 34.1 Å². The van der Waals surface area contributed by atoms with Crippen LogP contribution < -0.4 is 0 Å². The lowest BCUT2D eigenvalue weighted by molar-refractivity contribution is -0.198. The van der Waals surface area contributed by atoms with E-state index in [-0.39, 0.29) is 10.8 Å². The monoisotopic (exact) mass is 796 g/mol. The highest BCUT2D eigenvalue weighted by Gasteiger charge is 2.84. The number of fused-ring (bicyclic) bond motifs is 3. The van der Waals surface area contributed by atoms with Crippen molar-refractivity contribution in [2.45, 2.75) is 42.9 Å². The van der Waals surface area contributed by atoms with Gasteiger partial charge in [0.05, 0.1) is 11.6 Å². The number of aromatic nitrogens is 5. The maximum absolute atomic E-state index is 9.45. The summed E-state index contributed by atoms with van der Waals surface area (Å²) in [5.41, 5.74) is 12.0. The highest BCUT2D eigenvalue weighted by Crippen LogP contribution is 2.89. The molecule has 6 nitrogen and oxygen atoms in total. The SMILES string of the molecule is N#Cc1ccc(-c2ccc(C34CC5CC6CC(c7ccc(-c8ccc(-c9nc(-c%10ccncc%10)nc(-c%10ccncc%10)n9)cc8)c8ccccc78)(C3)CC654)c3ccccc23)cc1. The first-order valence-electron chi connectivity index (χ1n) is 21.8. The summed E-state index contributed by atoms with van der Waals surface area (Å²) in [4.78, 5) is 23.1. The van der Waals surface area contributed by atoms with Crippen LogP contribution in [0, 0.1) is 28.6 Å². The number of nitriles is 1. The van der Waals surface area contributed by atoms with E-state index in [1.54, 1.807) is 35.9 Å². The van der Waals surface area contributed by atoms with Gasteiger partial charge < -0.3 is 0 Å². The fraction of sp³-hybridized carbons (Fsp3) is 0.179. The Morgan fingerprint density at radius 1 is 0.452 bits per heavy atom. The summed E-state index contributed by atoms with van der Waals surface area (Å²) in [5, 5.41) is 14.9. The van der Waals surface area contributed by atoms with Crippen LogP contribution in [0.3, 0.4) is 0 Å². The van der Waals surface area contributed by atoms with Crippen LogP contribution in [-0.4, -0.2) is 24.9 Å². The second kappa shape index (κ2) is 13.1. The van der Waals surface area contributed by atoms with Crippen molar-refractivity contribution in [3.8, 4) is 62.5 Å². The average molecular weight is 797 g/mol. The molecule has 3 heterocycles. The summed E-state index contributed by atoms with van der Waals surface area (Å²) in [6, 6.07) is 54.8. The highest BCUT2D eigenvalue weighted by molar-refractivity contribution is 6.01. The van der Waals surface area contributed by atoms with E-state index in [2.05, 4.69) is 125 Å². The first-order valence-corrected chi connectivity index (χ1v) is 21.8. The molecular formula is C56H40N6. The van der Waals surface area contributed by atoms with Crippen LogP contribution >= 0.6 is 0 Å². The van der Waals surface area contributed by atoms with Crippen LogP contribution in [0.2, 0.25) is 0 Å². The van der Waals surface area contributed by atoms with Gasteiger partial charge in [0.2, 0.25) is 0 Å². The summed E-state index contributed by atoms with van der Waals surface area (Å²) < 4.78 is 0.